The van der Waals surface area contributed by atoms with Gasteiger partial charge in [-0.3, -0.25) is 5.10 Å². The molecule has 4 aromatic rings. The van der Waals surface area contributed by atoms with Crippen LogP contribution in [0.3, 0.4) is 0 Å². The first-order chi connectivity index (χ1) is 11.2. The fraction of sp³-hybridized carbons (Fsp3) is 0. The fourth-order valence-electron chi connectivity index (χ4n) is 2.78. The third kappa shape index (κ3) is 2.35. The van der Waals surface area contributed by atoms with Crippen LogP contribution in [-0.4, -0.2) is 15.3 Å². The van der Waals surface area contributed by atoms with Crippen LogP contribution in [0, 0.1) is 0 Å². The number of hydrogen-bond acceptors (Lipinski definition) is 2. The van der Waals surface area contributed by atoms with Gasteiger partial charge in [-0.05, 0) is 22.9 Å². The van der Waals surface area contributed by atoms with Crippen molar-refractivity contribution in [2.75, 3.05) is 0 Å². The van der Waals surface area contributed by atoms with Crippen LogP contribution in [0.15, 0.2) is 66.7 Å². The Bertz CT molecular complexity index is 985. The molecule has 0 aliphatic rings. The molecule has 1 heterocycles. The molecule has 0 atom stereocenters. The van der Waals surface area contributed by atoms with Crippen LogP contribution in [0.4, 0.5) is 0 Å². The summed E-state index contributed by atoms with van der Waals surface area (Å²) in [4.78, 5) is 0. The van der Waals surface area contributed by atoms with Gasteiger partial charge in [0.15, 0.2) is 5.75 Å². The Labute approximate surface area is 138 Å². The molecule has 0 unspecified atom stereocenters. The highest BCUT2D eigenvalue weighted by Crippen LogP contribution is 2.38. The quantitative estimate of drug-likeness (QED) is 0.529. The van der Waals surface area contributed by atoms with E-state index < -0.39 is 0 Å². The first kappa shape index (κ1) is 13.9. The van der Waals surface area contributed by atoms with E-state index in [0.717, 1.165) is 21.9 Å². The molecule has 4 heteroatoms. The number of fused-ring (bicyclic) bond motifs is 1. The predicted octanol–water partition coefficient (Wildman–Crippen LogP) is 5.26. The van der Waals surface area contributed by atoms with Crippen LogP contribution in [0.2, 0.25) is 5.02 Å². The van der Waals surface area contributed by atoms with Gasteiger partial charge < -0.3 is 5.11 Å². The van der Waals surface area contributed by atoms with Crippen molar-refractivity contribution in [2.45, 2.75) is 0 Å². The van der Waals surface area contributed by atoms with Crippen LogP contribution < -0.4 is 0 Å². The van der Waals surface area contributed by atoms with Gasteiger partial charge in [0.2, 0.25) is 0 Å². The van der Waals surface area contributed by atoms with Gasteiger partial charge in [-0.2, -0.15) is 5.10 Å². The molecule has 0 spiro atoms. The van der Waals surface area contributed by atoms with Crippen LogP contribution in [0.25, 0.3) is 33.3 Å². The Morgan fingerprint density at radius 2 is 1.61 bits per heavy atom. The minimum Gasteiger partial charge on any atom is -0.504 e. The van der Waals surface area contributed by atoms with E-state index in [1.165, 1.54) is 0 Å². The van der Waals surface area contributed by atoms with Crippen molar-refractivity contribution in [2.24, 2.45) is 0 Å². The molecule has 3 aromatic carbocycles. The molecule has 4 rings (SSSR count). The molecular formula is C19H13ClN2O. The normalized spacial score (nSPS) is 11.0. The minimum atomic E-state index is 0.142. The summed E-state index contributed by atoms with van der Waals surface area (Å²) >= 11 is 5.91. The Balaban J connectivity index is 1.89. The molecule has 0 radical (unpaired) electrons. The molecule has 0 aliphatic carbocycles. The highest BCUT2D eigenvalue weighted by atomic mass is 35.5. The van der Waals surface area contributed by atoms with E-state index in [1.54, 1.807) is 12.1 Å². The third-order valence-electron chi connectivity index (χ3n) is 3.92. The van der Waals surface area contributed by atoms with E-state index >= 15 is 0 Å². The van der Waals surface area contributed by atoms with Crippen molar-refractivity contribution in [3.05, 3.63) is 71.8 Å². The van der Waals surface area contributed by atoms with E-state index in [9.17, 15) is 5.11 Å². The van der Waals surface area contributed by atoms with Gasteiger partial charge in [0, 0.05) is 16.1 Å². The summed E-state index contributed by atoms with van der Waals surface area (Å²) in [5, 5.41) is 20.7. The van der Waals surface area contributed by atoms with Crippen LogP contribution in [0.5, 0.6) is 5.75 Å². The second kappa shape index (κ2) is 5.45. The molecule has 23 heavy (non-hydrogen) atoms. The summed E-state index contributed by atoms with van der Waals surface area (Å²) in [5.74, 6) is 0.142. The number of aromatic nitrogens is 2. The topological polar surface area (TPSA) is 48.9 Å². The summed E-state index contributed by atoms with van der Waals surface area (Å²) in [5.41, 5.74) is 2.87. The molecular weight excluding hydrogens is 308 g/mol. The molecule has 2 N–H and O–H groups in total. The first-order valence-electron chi connectivity index (χ1n) is 7.25. The summed E-state index contributed by atoms with van der Waals surface area (Å²) in [6.45, 7) is 0. The summed E-state index contributed by atoms with van der Waals surface area (Å²) in [7, 11) is 0. The predicted molar refractivity (Wildman–Crippen MR) is 93.6 cm³/mol. The highest BCUT2D eigenvalue weighted by molar-refractivity contribution is 6.30. The molecule has 112 valence electrons. The first-order valence-corrected chi connectivity index (χ1v) is 7.63. The SMILES string of the molecule is Oc1c(-c2ccc(Cl)cc2)n[nH]c1-c1cccc2ccccc12. The molecule has 1 aromatic heterocycles. The number of aromatic hydroxyl groups is 1. The lowest BCUT2D eigenvalue weighted by molar-refractivity contribution is 0.479. The van der Waals surface area contributed by atoms with E-state index in [2.05, 4.69) is 10.2 Å². The van der Waals surface area contributed by atoms with Crippen molar-refractivity contribution >= 4 is 22.4 Å². The summed E-state index contributed by atoms with van der Waals surface area (Å²) in [6.07, 6.45) is 0. The number of benzene rings is 3. The molecule has 0 fully saturated rings. The average Bonchev–Trinajstić information content (AvgIpc) is 2.96. The number of nitrogens with zero attached hydrogens (tertiary/aromatic N) is 1. The molecule has 0 saturated heterocycles. The second-order valence-corrected chi connectivity index (χ2v) is 5.77. The van der Waals surface area contributed by atoms with Gasteiger partial charge >= 0.3 is 0 Å². The standard InChI is InChI=1S/C19H13ClN2O/c20-14-10-8-13(9-11-14)17-19(23)18(22-21-17)16-7-3-5-12-4-1-2-6-15(12)16/h1-11,23H,(H,21,22). The Morgan fingerprint density at radius 1 is 0.870 bits per heavy atom. The molecule has 0 amide bonds. The highest BCUT2D eigenvalue weighted by Gasteiger charge is 2.16. The average molecular weight is 321 g/mol. The maximum atomic E-state index is 10.6. The van der Waals surface area contributed by atoms with Crippen molar-refractivity contribution in [3.63, 3.8) is 0 Å². The monoisotopic (exact) mass is 320 g/mol. The second-order valence-electron chi connectivity index (χ2n) is 5.33. The van der Waals surface area contributed by atoms with Crippen molar-refractivity contribution < 1.29 is 5.11 Å². The van der Waals surface area contributed by atoms with Gasteiger partial charge in [0.1, 0.15) is 11.4 Å². The number of H-pyrrole nitrogens is 1. The largest absolute Gasteiger partial charge is 0.504 e. The zero-order valence-corrected chi connectivity index (χ0v) is 12.9. The van der Waals surface area contributed by atoms with E-state index in [1.807, 2.05) is 54.6 Å². The van der Waals surface area contributed by atoms with Crippen LogP contribution in [-0.2, 0) is 0 Å². The fourth-order valence-corrected chi connectivity index (χ4v) is 2.90. The third-order valence-corrected chi connectivity index (χ3v) is 4.17. The van der Waals surface area contributed by atoms with Crippen molar-refractivity contribution in [3.8, 4) is 28.3 Å². The smallest absolute Gasteiger partial charge is 0.169 e. The molecule has 0 saturated carbocycles. The van der Waals surface area contributed by atoms with Gasteiger partial charge in [0.05, 0.1) is 0 Å². The van der Waals surface area contributed by atoms with Crippen molar-refractivity contribution in [1.29, 1.82) is 0 Å². The van der Waals surface area contributed by atoms with Crippen LogP contribution in [0.1, 0.15) is 0 Å². The van der Waals surface area contributed by atoms with Gasteiger partial charge in [0.25, 0.3) is 0 Å². The summed E-state index contributed by atoms with van der Waals surface area (Å²) in [6, 6.07) is 21.3. The van der Waals surface area contributed by atoms with Gasteiger partial charge in [-0.25, -0.2) is 0 Å². The van der Waals surface area contributed by atoms with Gasteiger partial charge in [-0.1, -0.05) is 66.2 Å². The zero-order chi connectivity index (χ0) is 15.8. The lowest BCUT2D eigenvalue weighted by Gasteiger charge is -2.05. The zero-order valence-electron chi connectivity index (χ0n) is 12.1. The maximum absolute atomic E-state index is 10.6. The Kier molecular flexibility index (Phi) is 3.28. The number of halogens is 1. The molecule has 0 aliphatic heterocycles. The van der Waals surface area contributed by atoms with E-state index in [-0.39, 0.29) is 5.75 Å². The maximum Gasteiger partial charge on any atom is 0.169 e. The van der Waals surface area contributed by atoms with E-state index in [4.69, 9.17) is 11.6 Å². The van der Waals surface area contributed by atoms with Gasteiger partial charge in [-0.15, -0.1) is 0 Å². The number of aromatic amines is 1. The number of nitrogens with one attached hydrogen (secondary N) is 1. The Hall–Kier alpha value is -2.78. The summed E-state index contributed by atoms with van der Waals surface area (Å²) < 4.78 is 0. The minimum absolute atomic E-state index is 0.142. The van der Waals surface area contributed by atoms with E-state index in [0.29, 0.717) is 16.4 Å². The molecule has 3 nitrogen and oxygen atoms in total. The lowest BCUT2D eigenvalue weighted by Crippen LogP contribution is -1.82. The lowest BCUT2D eigenvalue weighted by atomic mass is 10.0. The molecule has 0 bridgehead atoms. The number of hydrogen-bond donors (Lipinski definition) is 2. The Morgan fingerprint density at radius 3 is 2.43 bits per heavy atom. The van der Waals surface area contributed by atoms with Crippen LogP contribution >= 0.6 is 11.6 Å². The van der Waals surface area contributed by atoms with Crippen molar-refractivity contribution in [1.82, 2.24) is 10.2 Å². The number of rotatable bonds is 2.